The molecule has 0 bridgehead atoms. The molecule has 0 spiro atoms. The largest absolute Gasteiger partial charge is 0.491 e. The summed E-state index contributed by atoms with van der Waals surface area (Å²) in [6.07, 6.45) is -0.112. The third-order valence-electron chi connectivity index (χ3n) is 6.36. The summed E-state index contributed by atoms with van der Waals surface area (Å²) in [5.74, 6) is 1.55. The van der Waals surface area contributed by atoms with Gasteiger partial charge in [0, 0.05) is 19.1 Å². The standard InChI is InChI=1S/C27H39NO4S/c1-20(2)22-8-12-26(13-9-22)32-18-25(29)17-28(24-14-15-33(30,31)19-24)16-21-6-10-23(11-7-21)27(3,4)5/h6-13,20,24-25,29H,14-19H2,1-5H3. The van der Waals surface area contributed by atoms with Gasteiger partial charge in [0.2, 0.25) is 0 Å². The van der Waals surface area contributed by atoms with Gasteiger partial charge < -0.3 is 9.84 Å². The van der Waals surface area contributed by atoms with Gasteiger partial charge in [-0.3, -0.25) is 4.90 Å². The highest BCUT2D eigenvalue weighted by Gasteiger charge is 2.33. The molecule has 182 valence electrons. The lowest BCUT2D eigenvalue weighted by atomic mass is 9.86. The minimum Gasteiger partial charge on any atom is -0.491 e. The van der Waals surface area contributed by atoms with Crippen LogP contribution in [0.3, 0.4) is 0 Å². The van der Waals surface area contributed by atoms with E-state index in [1.807, 2.05) is 24.3 Å². The normalized spacial score (nSPS) is 19.2. The molecule has 0 radical (unpaired) electrons. The highest BCUT2D eigenvalue weighted by molar-refractivity contribution is 7.91. The van der Waals surface area contributed by atoms with Crippen LogP contribution in [0.2, 0.25) is 0 Å². The minimum absolute atomic E-state index is 0.0820. The molecule has 0 amide bonds. The Morgan fingerprint density at radius 2 is 1.70 bits per heavy atom. The van der Waals surface area contributed by atoms with Crippen LogP contribution in [0.4, 0.5) is 0 Å². The van der Waals surface area contributed by atoms with Gasteiger partial charge in [0.05, 0.1) is 11.5 Å². The number of rotatable bonds is 9. The molecule has 3 rings (SSSR count). The second-order valence-electron chi connectivity index (χ2n) is 10.6. The maximum Gasteiger partial charge on any atom is 0.151 e. The van der Waals surface area contributed by atoms with Crippen molar-refractivity contribution in [2.75, 3.05) is 24.7 Å². The summed E-state index contributed by atoms with van der Waals surface area (Å²) in [5, 5.41) is 10.7. The van der Waals surface area contributed by atoms with Crippen LogP contribution < -0.4 is 4.74 Å². The zero-order chi connectivity index (χ0) is 24.2. The van der Waals surface area contributed by atoms with Crippen molar-refractivity contribution in [1.82, 2.24) is 4.90 Å². The van der Waals surface area contributed by atoms with E-state index in [2.05, 4.69) is 63.8 Å². The van der Waals surface area contributed by atoms with E-state index in [9.17, 15) is 13.5 Å². The number of ether oxygens (including phenoxy) is 1. The molecule has 1 saturated heterocycles. The Balaban J connectivity index is 1.65. The zero-order valence-electron chi connectivity index (χ0n) is 20.6. The van der Waals surface area contributed by atoms with Crippen molar-refractivity contribution >= 4 is 9.84 Å². The molecular formula is C27H39NO4S. The topological polar surface area (TPSA) is 66.8 Å². The summed E-state index contributed by atoms with van der Waals surface area (Å²) in [6, 6.07) is 16.4. The monoisotopic (exact) mass is 473 g/mol. The Morgan fingerprint density at radius 1 is 1.06 bits per heavy atom. The summed E-state index contributed by atoms with van der Waals surface area (Å²) in [5.41, 5.74) is 3.70. The molecule has 2 atom stereocenters. The highest BCUT2D eigenvalue weighted by Crippen LogP contribution is 2.25. The summed E-state index contributed by atoms with van der Waals surface area (Å²) in [7, 11) is -3.02. The Hall–Kier alpha value is -1.89. The molecule has 6 heteroatoms. The van der Waals surface area contributed by atoms with Gasteiger partial charge in [-0.2, -0.15) is 0 Å². The third-order valence-corrected chi connectivity index (χ3v) is 8.12. The Labute approximate surface area is 199 Å². The molecule has 1 aliphatic heterocycles. The highest BCUT2D eigenvalue weighted by atomic mass is 32.2. The number of hydrogen-bond donors (Lipinski definition) is 1. The van der Waals surface area contributed by atoms with Crippen LogP contribution in [0.1, 0.15) is 63.6 Å². The van der Waals surface area contributed by atoms with E-state index in [0.29, 0.717) is 25.4 Å². The molecule has 33 heavy (non-hydrogen) atoms. The van der Waals surface area contributed by atoms with Crippen LogP contribution in [0.5, 0.6) is 5.75 Å². The molecule has 2 aromatic rings. The predicted molar refractivity (Wildman–Crippen MR) is 135 cm³/mol. The van der Waals surface area contributed by atoms with Gasteiger partial charge in [0.15, 0.2) is 9.84 Å². The van der Waals surface area contributed by atoms with E-state index in [0.717, 1.165) is 11.3 Å². The molecule has 2 aromatic carbocycles. The Bertz CT molecular complexity index is 992. The van der Waals surface area contributed by atoms with E-state index < -0.39 is 15.9 Å². The molecule has 1 fully saturated rings. The SMILES string of the molecule is CC(C)c1ccc(OCC(O)CN(Cc2ccc(C(C)(C)C)cc2)C2CCS(=O)(=O)C2)cc1. The third kappa shape index (κ3) is 7.56. The number of nitrogens with zero attached hydrogens (tertiary/aromatic N) is 1. The van der Waals surface area contributed by atoms with Gasteiger partial charge in [-0.25, -0.2) is 8.42 Å². The van der Waals surface area contributed by atoms with Crippen molar-refractivity contribution in [1.29, 1.82) is 0 Å². The van der Waals surface area contributed by atoms with Gasteiger partial charge in [-0.15, -0.1) is 0 Å². The number of benzene rings is 2. The van der Waals surface area contributed by atoms with Crippen molar-refractivity contribution in [2.45, 2.75) is 71.1 Å². The Morgan fingerprint density at radius 3 is 2.21 bits per heavy atom. The zero-order valence-corrected chi connectivity index (χ0v) is 21.4. The second-order valence-corrected chi connectivity index (χ2v) is 12.9. The first-order valence-corrected chi connectivity index (χ1v) is 13.7. The van der Waals surface area contributed by atoms with Crippen molar-refractivity contribution < 1.29 is 18.3 Å². The van der Waals surface area contributed by atoms with Gasteiger partial charge >= 0.3 is 0 Å². The molecule has 5 nitrogen and oxygen atoms in total. The van der Waals surface area contributed by atoms with Crippen LogP contribution in [0, 0.1) is 0 Å². The van der Waals surface area contributed by atoms with E-state index >= 15 is 0 Å². The molecule has 0 aromatic heterocycles. The van der Waals surface area contributed by atoms with Crippen LogP contribution in [-0.2, 0) is 21.8 Å². The van der Waals surface area contributed by atoms with Crippen molar-refractivity contribution in [3.8, 4) is 5.75 Å². The average molecular weight is 474 g/mol. The summed E-state index contributed by atoms with van der Waals surface area (Å²) >= 11 is 0. The van der Waals surface area contributed by atoms with Crippen molar-refractivity contribution in [2.24, 2.45) is 0 Å². The van der Waals surface area contributed by atoms with Crippen molar-refractivity contribution in [3.63, 3.8) is 0 Å². The van der Waals surface area contributed by atoms with Gasteiger partial charge in [-0.1, -0.05) is 71.0 Å². The minimum atomic E-state index is -3.02. The molecule has 0 saturated carbocycles. The lowest BCUT2D eigenvalue weighted by Gasteiger charge is -2.30. The number of sulfone groups is 1. The van der Waals surface area contributed by atoms with Crippen molar-refractivity contribution in [3.05, 3.63) is 65.2 Å². The fourth-order valence-corrected chi connectivity index (χ4v) is 5.98. The fraction of sp³-hybridized carbons (Fsp3) is 0.556. The number of hydrogen-bond acceptors (Lipinski definition) is 5. The van der Waals surface area contributed by atoms with Crippen LogP contribution in [-0.4, -0.2) is 55.2 Å². The van der Waals surface area contributed by atoms with E-state index in [1.165, 1.54) is 11.1 Å². The smallest absolute Gasteiger partial charge is 0.151 e. The maximum absolute atomic E-state index is 12.1. The molecule has 1 aliphatic rings. The Kier molecular flexibility index (Phi) is 8.25. The predicted octanol–water partition coefficient (Wildman–Crippen LogP) is 4.54. The molecule has 1 heterocycles. The van der Waals surface area contributed by atoms with E-state index in [-0.39, 0.29) is 29.6 Å². The maximum atomic E-state index is 12.1. The van der Waals surface area contributed by atoms with Crippen LogP contribution in [0.15, 0.2) is 48.5 Å². The number of aliphatic hydroxyl groups is 1. The van der Waals surface area contributed by atoms with Gasteiger partial charge in [-0.05, 0) is 46.6 Å². The fourth-order valence-electron chi connectivity index (χ4n) is 4.22. The summed E-state index contributed by atoms with van der Waals surface area (Å²) in [6.45, 7) is 12.0. The van der Waals surface area contributed by atoms with E-state index in [1.54, 1.807) is 0 Å². The first kappa shape index (κ1) is 25.7. The van der Waals surface area contributed by atoms with Gasteiger partial charge in [0.1, 0.15) is 18.5 Å². The lowest BCUT2D eigenvalue weighted by Crippen LogP contribution is -2.42. The van der Waals surface area contributed by atoms with E-state index in [4.69, 9.17) is 4.74 Å². The second kappa shape index (κ2) is 10.6. The quantitative estimate of drug-likeness (QED) is 0.579. The molecule has 2 unspecified atom stereocenters. The number of aliphatic hydroxyl groups excluding tert-OH is 1. The lowest BCUT2D eigenvalue weighted by molar-refractivity contribution is 0.0524. The average Bonchev–Trinajstić information content (AvgIpc) is 3.11. The van der Waals surface area contributed by atoms with Crippen LogP contribution in [0.25, 0.3) is 0 Å². The van der Waals surface area contributed by atoms with Gasteiger partial charge in [0.25, 0.3) is 0 Å². The van der Waals surface area contributed by atoms with Crippen LogP contribution >= 0.6 is 0 Å². The molecular weight excluding hydrogens is 434 g/mol. The first-order valence-electron chi connectivity index (χ1n) is 11.9. The first-order chi connectivity index (χ1) is 15.4. The summed E-state index contributed by atoms with van der Waals surface area (Å²) < 4.78 is 30.0. The summed E-state index contributed by atoms with van der Waals surface area (Å²) in [4.78, 5) is 2.10. The molecule has 1 N–H and O–H groups in total. The molecule has 0 aliphatic carbocycles.